The summed E-state index contributed by atoms with van der Waals surface area (Å²) in [6, 6.07) is 22.5. The standard InChI is InChI=1S/C29H24ClN3O6/c1-18-25(14-29(34)35)26-13-24(38-17-23-9-7-19-4-2-3-5-27(19)31-23)10-11-28(26)32(18)15-20-6-8-22(30)12-21(20)16-39-33(36)37/h2-13H,14-17H2,1H3,(H,34,35). The molecule has 3 aromatic carbocycles. The predicted octanol–water partition coefficient (Wildman–Crippen LogP) is 6.11. The Morgan fingerprint density at radius 1 is 1.05 bits per heavy atom. The molecular formula is C29H24ClN3O6. The van der Waals surface area contributed by atoms with E-state index in [1.165, 1.54) is 0 Å². The zero-order valence-electron chi connectivity index (χ0n) is 21.0. The second kappa shape index (κ2) is 11.0. The molecule has 198 valence electrons. The third-order valence-electron chi connectivity index (χ3n) is 6.62. The maximum absolute atomic E-state index is 11.7. The van der Waals surface area contributed by atoms with Crippen molar-refractivity contribution in [1.29, 1.82) is 0 Å². The number of para-hydroxylation sites is 1. The van der Waals surface area contributed by atoms with E-state index in [1.54, 1.807) is 18.2 Å². The number of benzene rings is 3. The third-order valence-corrected chi connectivity index (χ3v) is 6.85. The maximum Gasteiger partial charge on any atom is 0.307 e. The van der Waals surface area contributed by atoms with Gasteiger partial charge in [-0.3, -0.25) is 4.79 Å². The molecule has 5 aromatic rings. The van der Waals surface area contributed by atoms with E-state index in [2.05, 4.69) is 9.82 Å². The van der Waals surface area contributed by atoms with Gasteiger partial charge >= 0.3 is 5.97 Å². The first-order valence-electron chi connectivity index (χ1n) is 12.1. The predicted molar refractivity (Wildman–Crippen MR) is 146 cm³/mol. The number of carbonyl (C=O) groups is 1. The fourth-order valence-electron chi connectivity index (χ4n) is 4.72. The fraction of sp³-hybridized carbons (Fsp3) is 0.172. The lowest BCUT2D eigenvalue weighted by Gasteiger charge is -2.14. The van der Waals surface area contributed by atoms with Gasteiger partial charge in [0.1, 0.15) is 19.0 Å². The molecule has 0 saturated carbocycles. The van der Waals surface area contributed by atoms with E-state index in [0.29, 0.717) is 28.4 Å². The van der Waals surface area contributed by atoms with Crippen LogP contribution in [0.1, 0.15) is 28.1 Å². The summed E-state index contributed by atoms with van der Waals surface area (Å²) < 4.78 is 8.04. The van der Waals surface area contributed by atoms with Gasteiger partial charge in [-0.05, 0) is 66.1 Å². The first-order valence-corrected chi connectivity index (χ1v) is 12.5. The van der Waals surface area contributed by atoms with Crippen LogP contribution in [0.25, 0.3) is 21.8 Å². The molecule has 9 nitrogen and oxygen atoms in total. The van der Waals surface area contributed by atoms with Crippen LogP contribution in [-0.4, -0.2) is 25.7 Å². The monoisotopic (exact) mass is 545 g/mol. The number of halogens is 1. The summed E-state index contributed by atoms with van der Waals surface area (Å²) in [7, 11) is 0. The molecule has 0 atom stereocenters. The van der Waals surface area contributed by atoms with Crippen molar-refractivity contribution >= 4 is 39.4 Å². The minimum absolute atomic E-state index is 0.164. The molecule has 0 spiro atoms. The number of fused-ring (bicyclic) bond motifs is 2. The SMILES string of the molecule is Cc1c(CC(=O)O)c2cc(OCc3ccc4ccccc4n3)ccc2n1Cc1ccc(Cl)cc1CO[N+](=O)[O-]. The Hall–Kier alpha value is -4.63. The highest BCUT2D eigenvalue weighted by atomic mass is 35.5. The molecule has 0 unspecified atom stereocenters. The van der Waals surface area contributed by atoms with E-state index in [4.69, 9.17) is 16.3 Å². The van der Waals surface area contributed by atoms with Crippen LogP contribution in [0.15, 0.2) is 72.8 Å². The van der Waals surface area contributed by atoms with Crippen molar-refractivity contribution in [3.8, 4) is 5.75 Å². The maximum atomic E-state index is 11.7. The Balaban J connectivity index is 1.47. The Bertz CT molecular complexity index is 1710. The summed E-state index contributed by atoms with van der Waals surface area (Å²) in [4.78, 5) is 31.7. The number of pyridine rings is 1. The third kappa shape index (κ3) is 5.78. The van der Waals surface area contributed by atoms with Crippen molar-refractivity contribution in [3.05, 3.63) is 116 Å². The summed E-state index contributed by atoms with van der Waals surface area (Å²) in [5, 5.41) is 21.8. The number of hydrogen-bond acceptors (Lipinski definition) is 6. The van der Waals surface area contributed by atoms with Gasteiger partial charge in [-0.1, -0.05) is 41.9 Å². The molecule has 0 bridgehead atoms. The lowest BCUT2D eigenvalue weighted by Crippen LogP contribution is -2.08. The molecule has 0 amide bonds. The molecule has 1 N–H and O–H groups in total. The molecule has 0 aliphatic carbocycles. The normalized spacial score (nSPS) is 11.1. The van der Waals surface area contributed by atoms with E-state index in [-0.39, 0.29) is 19.6 Å². The van der Waals surface area contributed by atoms with Crippen LogP contribution in [0.2, 0.25) is 5.02 Å². The van der Waals surface area contributed by atoms with Crippen LogP contribution in [-0.2, 0) is 35.8 Å². The van der Waals surface area contributed by atoms with Crippen LogP contribution in [0.4, 0.5) is 0 Å². The number of carboxylic acids is 1. The summed E-state index contributed by atoms with van der Waals surface area (Å²) >= 11 is 6.13. The average Bonchev–Trinajstić information content (AvgIpc) is 3.16. The van der Waals surface area contributed by atoms with Gasteiger partial charge in [0.25, 0.3) is 5.09 Å². The van der Waals surface area contributed by atoms with Crippen molar-refractivity contribution in [2.45, 2.75) is 33.1 Å². The largest absolute Gasteiger partial charge is 0.487 e. The molecular weight excluding hydrogens is 522 g/mol. The molecule has 39 heavy (non-hydrogen) atoms. The lowest BCUT2D eigenvalue weighted by molar-refractivity contribution is -0.763. The van der Waals surface area contributed by atoms with Gasteiger partial charge < -0.3 is 19.2 Å². The molecule has 0 aliphatic heterocycles. The van der Waals surface area contributed by atoms with Gasteiger partial charge in [-0.15, -0.1) is 10.1 Å². The Morgan fingerprint density at radius 2 is 1.87 bits per heavy atom. The minimum atomic E-state index is -0.949. The van der Waals surface area contributed by atoms with Crippen LogP contribution >= 0.6 is 11.6 Å². The molecule has 0 saturated heterocycles. The van der Waals surface area contributed by atoms with E-state index in [9.17, 15) is 20.0 Å². The number of rotatable bonds is 10. The van der Waals surface area contributed by atoms with Gasteiger partial charge in [0.2, 0.25) is 0 Å². The van der Waals surface area contributed by atoms with Crippen LogP contribution in [0.5, 0.6) is 5.75 Å². The van der Waals surface area contributed by atoms with Gasteiger partial charge in [-0.2, -0.15) is 0 Å². The quantitative estimate of drug-likeness (QED) is 0.166. The van der Waals surface area contributed by atoms with Crippen molar-refractivity contribution in [1.82, 2.24) is 9.55 Å². The van der Waals surface area contributed by atoms with E-state index < -0.39 is 11.1 Å². The summed E-state index contributed by atoms with van der Waals surface area (Å²) in [6.45, 7) is 2.22. The van der Waals surface area contributed by atoms with E-state index in [1.807, 2.05) is 66.1 Å². The summed E-state index contributed by atoms with van der Waals surface area (Å²) in [5.74, 6) is -0.358. The van der Waals surface area contributed by atoms with Gasteiger partial charge in [0.15, 0.2) is 0 Å². The van der Waals surface area contributed by atoms with Crippen LogP contribution in [0, 0.1) is 17.0 Å². The second-order valence-corrected chi connectivity index (χ2v) is 9.53. The molecule has 0 fully saturated rings. The Morgan fingerprint density at radius 3 is 2.67 bits per heavy atom. The fourth-order valence-corrected chi connectivity index (χ4v) is 4.91. The summed E-state index contributed by atoms with van der Waals surface area (Å²) in [5.41, 5.74) is 5.27. The molecule has 5 rings (SSSR count). The zero-order chi connectivity index (χ0) is 27.5. The Kier molecular flexibility index (Phi) is 7.33. The first kappa shape index (κ1) is 26.0. The van der Waals surface area contributed by atoms with Crippen molar-refractivity contribution in [3.63, 3.8) is 0 Å². The number of aromatic nitrogens is 2. The highest BCUT2D eigenvalue weighted by Crippen LogP contribution is 2.32. The van der Waals surface area contributed by atoms with Crippen molar-refractivity contribution in [2.24, 2.45) is 0 Å². The highest BCUT2D eigenvalue weighted by molar-refractivity contribution is 6.30. The van der Waals surface area contributed by atoms with Crippen molar-refractivity contribution in [2.75, 3.05) is 0 Å². The van der Waals surface area contributed by atoms with Crippen LogP contribution < -0.4 is 4.74 Å². The smallest absolute Gasteiger partial charge is 0.307 e. The zero-order valence-corrected chi connectivity index (χ0v) is 21.7. The molecule has 0 radical (unpaired) electrons. The second-order valence-electron chi connectivity index (χ2n) is 9.09. The van der Waals surface area contributed by atoms with Gasteiger partial charge in [-0.25, -0.2) is 4.98 Å². The van der Waals surface area contributed by atoms with Gasteiger partial charge in [0.05, 0.1) is 17.6 Å². The Labute approximate surface area is 228 Å². The molecule has 10 heteroatoms. The topological polar surface area (TPSA) is 117 Å². The van der Waals surface area contributed by atoms with Crippen molar-refractivity contribution < 1.29 is 24.6 Å². The van der Waals surface area contributed by atoms with E-state index >= 15 is 0 Å². The highest BCUT2D eigenvalue weighted by Gasteiger charge is 2.19. The van der Waals surface area contributed by atoms with Gasteiger partial charge in [0, 0.05) is 33.6 Å². The number of hydrogen-bond donors (Lipinski definition) is 1. The van der Waals surface area contributed by atoms with Crippen LogP contribution in [0.3, 0.4) is 0 Å². The molecule has 0 aliphatic rings. The summed E-state index contributed by atoms with van der Waals surface area (Å²) in [6.07, 6.45) is -0.164. The number of carboxylic acid groups (broad SMARTS) is 1. The molecule has 2 heterocycles. The minimum Gasteiger partial charge on any atom is -0.487 e. The average molecular weight is 546 g/mol. The lowest BCUT2D eigenvalue weighted by atomic mass is 10.1. The molecule has 2 aromatic heterocycles. The number of ether oxygens (including phenoxy) is 1. The first-order chi connectivity index (χ1) is 18.8. The number of aliphatic carboxylic acids is 1. The van der Waals surface area contributed by atoms with E-state index in [0.717, 1.165) is 38.8 Å². The number of nitrogens with zero attached hydrogens (tertiary/aromatic N) is 3.